The molecule has 0 aromatic heterocycles. The molecule has 1 aromatic rings. The Kier molecular flexibility index (Phi) is 3.76. The van der Waals surface area contributed by atoms with Gasteiger partial charge in [-0.05, 0) is 17.5 Å². The zero-order valence-electron chi connectivity index (χ0n) is 10.9. The molecule has 3 rings (SSSR count). The standard InChI is InChI=1S/C14H14N2O2S2/c17-12(8-16-13(18)9-20-14(16)19)15-6-5-10-3-1-2-4-11(10)7-15/h1-4H,5-9H2. The number of amides is 2. The van der Waals surface area contributed by atoms with Gasteiger partial charge in [0.25, 0.3) is 0 Å². The van der Waals surface area contributed by atoms with E-state index in [4.69, 9.17) is 12.2 Å². The van der Waals surface area contributed by atoms with Crippen molar-refractivity contribution in [1.29, 1.82) is 0 Å². The minimum atomic E-state index is -0.0641. The van der Waals surface area contributed by atoms with Crippen molar-refractivity contribution in [3.63, 3.8) is 0 Å². The molecule has 1 fully saturated rings. The summed E-state index contributed by atoms with van der Waals surface area (Å²) in [6.07, 6.45) is 0.870. The van der Waals surface area contributed by atoms with E-state index in [1.807, 2.05) is 12.1 Å². The van der Waals surface area contributed by atoms with Crippen molar-refractivity contribution in [3.8, 4) is 0 Å². The molecule has 0 spiro atoms. The van der Waals surface area contributed by atoms with Crippen LogP contribution in [-0.4, -0.2) is 44.8 Å². The fourth-order valence-electron chi connectivity index (χ4n) is 2.48. The molecule has 2 aliphatic heterocycles. The molecular formula is C14H14N2O2S2. The van der Waals surface area contributed by atoms with Crippen molar-refractivity contribution >= 4 is 40.1 Å². The number of thioether (sulfide) groups is 1. The van der Waals surface area contributed by atoms with Gasteiger partial charge in [0, 0.05) is 13.1 Å². The molecule has 0 bridgehead atoms. The molecule has 2 heterocycles. The van der Waals surface area contributed by atoms with Crippen molar-refractivity contribution in [2.24, 2.45) is 0 Å². The first-order valence-corrected chi connectivity index (χ1v) is 7.86. The van der Waals surface area contributed by atoms with Crippen molar-refractivity contribution < 1.29 is 9.59 Å². The normalized spacial score (nSPS) is 18.4. The van der Waals surface area contributed by atoms with Gasteiger partial charge in [0.1, 0.15) is 10.9 Å². The van der Waals surface area contributed by atoms with E-state index in [2.05, 4.69) is 12.1 Å². The summed E-state index contributed by atoms with van der Waals surface area (Å²) in [6.45, 7) is 1.40. The first-order valence-electron chi connectivity index (χ1n) is 6.47. The molecule has 0 radical (unpaired) electrons. The van der Waals surface area contributed by atoms with E-state index in [1.165, 1.54) is 27.8 Å². The van der Waals surface area contributed by atoms with Crippen LogP contribution < -0.4 is 0 Å². The highest BCUT2D eigenvalue weighted by Crippen LogP contribution is 2.21. The molecule has 2 aliphatic rings. The number of carbonyl (C=O) groups is 2. The molecule has 6 heteroatoms. The van der Waals surface area contributed by atoms with Crippen molar-refractivity contribution in [2.45, 2.75) is 13.0 Å². The molecule has 1 saturated heterocycles. The molecule has 0 N–H and O–H groups in total. The summed E-state index contributed by atoms with van der Waals surface area (Å²) in [7, 11) is 0. The van der Waals surface area contributed by atoms with E-state index in [-0.39, 0.29) is 18.4 Å². The molecule has 2 amide bonds. The monoisotopic (exact) mass is 306 g/mol. The van der Waals surface area contributed by atoms with Crippen LogP contribution >= 0.6 is 24.0 Å². The second kappa shape index (κ2) is 5.54. The fourth-order valence-corrected chi connectivity index (χ4v) is 3.55. The maximum absolute atomic E-state index is 12.3. The highest BCUT2D eigenvalue weighted by atomic mass is 32.2. The van der Waals surface area contributed by atoms with E-state index < -0.39 is 0 Å². The third kappa shape index (κ3) is 2.58. The van der Waals surface area contributed by atoms with E-state index >= 15 is 0 Å². The molecule has 0 atom stereocenters. The summed E-state index contributed by atoms with van der Waals surface area (Å²) in [5.41, 5.74) is 2.50. The van der Waals surface area contributed by atoms with Gasteiger partial charge >= 0.3 is 0 Å². The zero-order chi connectivity index (χ0) is 14.1. The van der Waals surface area contributed by atoms with E-state index in [0.717, 1.165) is 6.42 Å². The third-order valence-electron chi connectivity index (χ3n) is 3.62. The lowest BCUT2D eigenvalue weighted by Gasteiger charge is -2.30. The maximum Gasteiger partial charge on any atom is 0.242 e. The summed E-state index contributed by atoms with van der Waals surface area (Å²) in [5, 5.41) is 0. The van der Waals surface area contributed by atoms with Gasteiger partial charge in [-0.15, -0.1) is 0 Å². The van der Waals surface area contributed by atoms with Crippen LogP contribution in [0.4, 0.5) is 0 Å². The minimum absolute atomic E-state index is 0.0299. The van der Waals surface area contributed by atoms with Gasteiger partial charge in [-0.2, -0.15) is 0 Å². The Balaban J connectivity index is 1.67. The molecular weight excluding hydrogens is 292 g/mol. The summed E-state index contributed by atoms with van der Waals surface area (Å²) in [4.78, 5) is 27.2. The predicted molar refractivity (Wildman–Crippen MR) is 82.3 cm³/mol. The maximum atomic E-state index is 12.3. The predicted octanol–water partition coefficient (Wildman–Crippen LogP) is 1.43. The van der Waals surface area contributed by atoms with Crippen LogP contribution in [0.3, 0.4) is 0 Å². The Labute approximate surface area is 127 Å². The molecule has 0 saturated carbocycles. The molecule has 20 heavy (non-hydrogen) atoms. The Morgan fingerprint density at radius 1 is 1.30 bits per heavy atom. The van der Waals surface area contributed by atoms with Gasteiger partial charge in [0.15, 0.2) is 0 Å². The summed E-state index contributed by atoms with van der Waals surface area (Å²) in [6, 6.07) is 8.17. The van der Waals surface area contributed by atoms with Crippen LogP contribution in [0.1, 0.15) is 11.1 Å². The van der Waals surface area contributed by atoms with Crippen molar-refractivity contribution in [3.05, 3.63) is 35.4 Å². The topological polar surface area (TPSA) is 40.6 Å². The third-order valence-corrected chi connectivity index (χ3v) is 5.05. The van der Waals surface area contributed by atoms with Gasteiger partial charge in [-0.3, -0.25) is 14.5 Å². The fraction of sp³-hybridized carbons (Fsp3) is 0.357. The highest BCUT2D eigenvalue weighted by Gasteiger charge is 2.30. The van der Waals surface area contributed by atoms with Crippen LogP contribution in [0, 0.1) is 0 Å². The molecule has 1 aromatic carbocycles. The Morgan fingerprint density at radius 3 is 2.75 bits per heavy atom. The first-order chi connectivity index (χ1) is 9.65. The minimum Gasteiger partial charge on any atom is -0.336 e. The Hall–Kier alpha value is -1.40. The van der Waals surface area contributed by atoms with Crippen LogP contribution in [0.25, 0.3) is 0 Å². The lowest BCUT2D eigenvalue weighted by Crippen LogP contribution is -2.44. The first kappa shape index (κ1) is 13.6. The summed E-state index contributed by atoms with van der Waals surface area (Å²) in [5.74, 6) is 0.262. The average molecular weight is 306 g/mol. The molecule has 0 unspecified atom stereocenters. The van der Waals surface area contributed by atoms with Crippen LogP contribution in [0.2, 0.25) is 0 Å². The Morgan fingerprint density at radius 2 is 2.05 bits per heavy atom. The van der Waals surface area contributed by atoms with E-state index in [0.29, 0.717) is 23.2 Å². The summed E-state index contributed by atoms with van der Waals surface area (Å²) >= 11 is 6.43. The molecule has 4 nitrogen and oxygen atoms in total. The van der Waals surface area contributed by atoms with E-state index in [1.54, 1.807) is 4.90 Å². The number of hydrogen-bond acceptors (Lipinski definition) is 4. The quantitative estimate of drug-likeness (QED) is 0.775. The van der Waals surface area contributed by atoms with Crippen molar-refractivity contribution in [1.82, 2.24) is 9.80 Å². The Bertz CT molecular complexity index is 572. The average Bonchev–Trinajstić information content (AvgIpc) is 2.78. The number of thiocarbonyl (C=S) groups is 1. The lowest BCUT2D eigenvalue weighted by atomic mass is 10.00. The summed E-state index contributed by atoms with van der Waals surface area (Å²) < 4.78 is 0.515. The highest BCUT2D eigenvalue weighted by molar-refractivity contribution is 8.23. The second-order valence-electron chi connectivity index (χ2n) is 4.87. The molecule has 0 aliphatic carbocycles. The van der Waals surface area contributed by atoms with E-state index in [9.17, 15) is 9.59 Å². The van der Waals surface area contributed by atoms with Gasteiger partial charge in [0.2, 0.25) is 11.8 Å². The van der Waals surface area contributed by atoms with Crippen molar-refractivity contribution in [2.75, 3.05) is 18.8 Å². The smallest absolute Gasteiger partial charge is 0.242 e. The van der Waals surface area contributed by atoms with Gasteiger partial charge in [-0.1, -0.05) is 48.2 Å². The lowest BCUT2D eigenvalue weighted by molar-refractivity contribution is -0.136. The number of fused-ring (bicyclic) bond motifs is 1. The largest absolute Gasteiger partial charge is 0.336 e. The van der Waals surface area contributed by atoms with Gasteiger partial charge in [-0.25, -0.2) is 0 Å². The number of rotatable bonds is 2. The molecule has 104 valence electrons. The second-order valence-corrected chi connectivity index (χ2v) is 6.48. The zero-order valence-corrected chi connectivity index (χ0v) is 12.5. The van der Waals surface area contributed by atoms with Crippen LogP contribution in [0.5, 0.6) is 0 Å². The number of carbonyl (C=O) groups excluding carboxylic acids is 2. The number of hydrogen-bond donors (Lipinski definition) is 0. The van der Waals surface area contributed by atoms with Crippen LogP contribution in [0.15, 0.2) is 24.3 Å². The number of benzene rings is 1. The van der Waals surface area contributed by atoms with Crippen LogP contribution in [-0.2, 0) is 22.6 Å². The van der Waals surface area contributed by atoms with Gasteiger partial charge < -0.3 is 4.90 Å². The number of nitrogens with zero attached hydrogens (tertiary/aromatic N) is 2. The SMILES string of the molecule is O=C(CN1C(=O)CSC1=S)N1CCc2ccccc2C1. The van der Waals surface area contributed by atoms with Gasteiger partial charge in [0.05, 0.1) is 5.75 Å².